The molecule has 5 heteroatoms. The molecule has 1 N–H and O–H groups in total. The highest BCUT2D eigenvalue weighted by Crippen LogP contribution is 2.20. The zero-order chi connectivity index (χ0) is 10.3. The molecule has 0 radical (unpaired) electrons. The number of carbonyl (C=O) groups is 1. The molecule has 0 aliphatic carbocycles. The first kappa shape index (κ1) is 9.21. The van der Waals surface area contributed by atoms with Gasteiger partial charge in [-0.25, -0.2) is 9.36 Å². The van der Waals surface area contributed by atoms with Crippen molar-refractivity contribution in [2.24, 2.45) is 0 Å². The Morgan fingerprint density at radius 1 is 1.57 bits per heavy atom. The molecule has 0 aliphatic heterocycles. The maximum atomic E-state index is 10.9. The second kappa shape index (κ2) is 3.09. The van der Waals surface area contributed by atoms with E-state index in [-0.39, 0.29) is 0 Å². The van der Waals surface area contributed by atoms with Gasteiger partial charge in [-0.3, -0.25) is 4.98 Å². The lowest BCUT2D eigenvalue weighted by Gasteiger charge is -1.99. The number of aromatic nitrogens is 2. The van der Waals surface area contributed by atoms with Gasteiger partial charge in [-0.2, -0.15) is 0 Å². The first-order chi connectivity index (χ1) is 6.59. The Balaban J connectivity index is 2.86. The van der Waals surface area contributed by atoms with E-state index >= 15 is 0 Å². The smallest absolute Gasteiger partial charge is 0.416 e. The van der Waals surface area contributed by atoms with Gasteiger partial charge in [0.15, 0.2) is 0 Å². The Hall–Kier alpha value is -1.36. The summed E-state index contributed by atoms with van der Waals surface area (Å²) in [5, 5.41) is 8.96. The van der Waals surface area contributed by atoms with Gasteiger partial charge in [-0.15, -0.1) is 0 Å². The largest absolute Gasteiger partial charge is 0.464 e. The van der Waals surface area contributed by atoms with Crippen molar-refractivity contribution in [1.82, 2.24) is 9.55 Å². The summed E-state index contributed by atoms with van der Waals surface area (Å²) in [5.74, 6) is 0. The third-order valence-corrected chi connectivity index (χ3v) is 2.43. The van der Waals surface area contributed by atoms with Crippen LogP contribution in [0.2, 0.25) is 0 Å². The number of halogens is 1. The number of pyridine rings is 1. The molecule has 2 rings (SSSR count). The molecule has 72 valence electrons. The topological polar surface area (TPSA) is 55.1 Å². The lowest BCUT2D eigenvalue weighted by molar-refractivity contribution is 0.197. The summed E-state index contributed by atoms with van der Waals surface area (Å²) in [6.45, 7) is 1.74. The molecule has 0 aliphatic rings. The van der Waals surface area contributed by atoms with Crippen molar-refractivity contribution < 1.29 is 9.90 Å². The summed E-state index contributed by atoms with van der Waals surface area (Å²) in [5.41, 5.74) is 1.95. The molecule has 2 aromatic rings. The lowest BCUT2D eigenvalue weighted by Crippen LogP contribution is -2.08. The van der Waals surface area contributed by atoms with E-state index in [9.17, 15) is 4.79 Å². The molecule has 0 aromatic carbocycles. The number of fused-ring (bicyclic) bond motifs is 1. The van der Waals surface area contributed by atoms with Crippen molar-refractivity contribution in [3.63, 3.8) is 0 Å². The van der Waals surface area contributed by atoms with E-state index in [1.54, 1.807) is 25.3 Å². The molecule has 4 nitrogen and oxygen atoms in total. The predicted molar refractivity (Wildman–Crippen MR) is 55.6 cm³/mol. The minimum Gasteiger partial charge on any atom is -0.464 e. The van der Waals surface area contributed by atoms with Crippen LogP contribution in [0.3, 0.4) is 0 Å². The van der Waals surface area contributed by atoms with Crippen LogP contribution >= 0.6 is 15.9 Å². The Bertz CT molecular complexity index is 519. The molecule has 2 aromatic heterocycles. The highest BCUT2D eigenvalue weighted by molar-refractivity contribution is 9.10. The van der Waals surface area contributed by atoms with Crippen molar-refractivity contribution in [3.05, 3.63) is 28.5 Å². The summed E-state index contributed by atoms with van der Waals surface area (Å²) < 4.78 is 1.98. The lowest BCUT2D eigenvalue weighted by atomic mass is 10.4. The van der Waals surface area contributed by atoms with Crippen molar-refractivity contribution in [1.29, 1.82) is 0 Å². The Labute approximate surface area is 88.3 Å². The van der Waals surface area contributed by atoms with Crippen molar-refractivity contribution in [2.75, 3.05) is 0 Å². The molecule has 0 bridgehead atoms. The molecule has 2 heterocycles. The highest BCUT2D eigenvalue weighted by Gasteiger charge is 2.11. The third kappa shape index (κ3) is 1.29. The monoisotopic (exact) mass is 254 g/mol. The molecule has 0 saturated carbocycles. The minimum absolute atomic E-state index is 0.601. The Morgan fingerprint density at radius 3 is 2.93 bits per heavy atom. The number of aryl methyl sites for hydroxylation is 1. The van der Waals surface area contributed by atoms with Gasteiger partial charge in [0.2, 0.25) is 0 Å². The van der Waals surface area contributed by atoms with E-state index in [1.165, 1.54) is 4.57 Å². The first-order valence-corrected chi connectivity index (χ1v) is 4.76. The number of carboxylic acid groups (broad SMARTS) is 1. The first-order valence-electron chi connectivity index (χ1n) is 3.96. The Morgan fingerprint density at radius 2 is 2.29 bits per heavy atom. The molecule has 0 fully saturated rings. The second-order valence-corrected chi connectivity index (χ2v) is 3.88. The van der Waals surface area contributed by atoms with Gasteiger partial charge in [0.25, 0.3) is 0 Å². The van der Waals surface area contributed by atoms with Gasteiger partial charge in [-0.1, -0.05) is 0 Å². The van der Waals surface area contributed by atoms with Crippen LogP contribution in [0.4, 0.5) is 4.79 Å². The van der Waals surface area contributed by atoms with Crippen LogP contribution in [0.25, 0.3) is 11.0 Å². The standard InChI is InChI=1S/C9H7BrN2O2/c1-5-2-7-8(12(5)9(13)14)3-6(10)4-11-7/h2-4H,1H3,(H,13,14). The average Bonchev–Trinajstić information content (AvgIpc) is 2.40. The fourth-order valence-corrected chi connectivity index (χ4v) is 1.75. The van der Waals surface area contributed by atoms with Crippen LogP contribution in [0.5, 0.6) is 0 Å². The van der Waals surface area contributed by atoms with Crippen LogP contribution in [0.1, 0.15) is 5.69 Å². The van der Waals surface area contributed by atoms with Crippen LogP contribution in [0.15, 0.2) is 22.8 Å². The van der Waals surface area contributed by atoms with Gasteiger partial charge in [0.05, 0.1) is 11.0 Å². The van der Waals surface area contributed by atoms with E-state index in [0.29, 0.717) is 16.7 Å². The molecule has 0 atom stereocenters. The maximum absolute atomic E-state index is 10.9. The second-order valence-electron chi connectivity index (χ2n) is 2.96. The molecular formula is C9H7BrN2O2. The number of nitrogens with zero attached hydrogens (tertiary/aromatic N) is 2. The fourth-order valence-electron chi connectivity index (χ4n) is 1.44. The zero-order valence-corrected chi connectivity index (χ0v) is 8.95. The Kier molecular flexibility index (Phi) is 2.03. The van der Waals surface area contributed by atoms with Crippen molar-refractivity contribution in [2.45, 2.75) is 6.92 Å². The van der Waals surface area contributed by atoms with Gasteiger partial charge in [-0.05, 0) is 35.0 Å². The molecule has 0 saturated heterocycles. The molecule has 14 heavy (non-hydrogen) atoms. The normalized spacial score (nSPS) is 10.7. The van der Waals surface area contributed by atoms with E-state index in [4.69, 9.17) is 5.11 Å². The van der Waals surface area contributed by atoms with Crippen LogP contribution in [-0.4, -0.2) is 20.8 Å². The van der Waals surface area contributed by atoms with E-state index < -0.39 is 6.09 Å². The fraction of sp³-hybridized carbons (Fsp3) is 0.111. The highest BCUT2D eigenvalue weighted by atomic mass is 79.9. The van der Waals surface area contributed by atoms with Gasteiger partial charge < -0.3 is 5.11 Å². The van der Waals surface area contributed by atoms with Crippen molar-refractivity contribution in [3.8, 4) is 0 Å². The molecule has 0 unspecified atom stereocenters. The number of hydrogen-bond donors (Lipinski definition) is 1. The van der Waals surface area contributed by atoms with Crippen LogP contribution in [-0.2, 0) is 0 Å². The quantitative estimate of drug-likeness (QED) is 0.787. The summed E-state index contributed by atoms with van der Waals surface area (Å²) in [6, 6.07) is 3.49. The summed E-state index contributed by atoms with van der Waals surface area (Å²) in [6.07, 6.45) is 0.658. The molecule has 0 spiro atoms. The van der Waals surface area contributed by atoms with E-state index in [1.807, 2.05) is 0 Å². The predicted octanol–water partition coefficient (Wildman–Crippen LogP) is 2.63. The van der Waals surface area contributed by atoms with Crippen LogP contribution < -0.4 is 0 Å². The third-order valence-electron chi connectivity index (χ3n) is 1.99. The number of hydrogen-bond acceptors (Lipinski definition) is 2. The van der Waals surface area contributed by atoms with E-state index in [2.05, 4.69) is 20.9 Å². The average molecular weight is 255 g/mol. The molecule has 0 amide bonds. The van der Waals surface area contributed by atoms with Gasteiger partial charge in [0, 0.05) is 16.4 Å². The summed E-state index contributed by atoms with van der Waals surface area (Å²) >= 11 is 3.26. The number of rotatable bonds is 0. The van der Waals surface area contributed by atoms with E-state index in [0.717, 1.165) is 4.47 Å². The SMILES string of the molecule is Cc1cc2ncc(Br)cc2n1C(=O)O. The summed E-state index contributed by atoms with van der Waals surface area (Å²) in [4.78, 5) is 15.0. The summed E-state index contributed by atoms with van der Waals surface area (Å²) in [7, 11) is 0. The van der Waals surface area contributed by atoms with Gasteiger partial charge >= 0.3 is 6.09 Å². The minimum atomic E-state index is -0.989. The van der Waals surface area contributed by atoms with Crippen molar-refractivity contribution >= 4 is 33.1 Å². The maximum Gasteiger partial charge on any atom is 0.416 e. The van der Waals surface area contributed by atoms with Gasteiger partial charge in [0.1, 0.15) is 0 Å². The molecular weight excluding hydrogens is 248 g/mol. The van der Waals surface area contributed by atoms with Crippen LogP contribution in [0, 0.1) is 6.92 Å². The zero-order valence-electron chi connectivity index (χ0n) is 7.36.